The zero-order valence-corrected chi connectivity index (χ0v) is 15.9. The molecule has 0 aliphatic carbocycles. The molecule has 1 fully saturated rings. The Kier molecular flexibility index (Phi) is 5.04. The van der Waals surface area contributed by atoms with E-state index in [9.17, 15) is 9.18 Å². The predicted molar refractivity (Wildman–Crippen MR) is 99.3 cm³/mol. The second kappa shape index (κ2) is 7.63. The van der Waals surface area contributed by atoms with Crippen LogP contribution in [0.5, 0.6) is 0 Å². The van der Waals surface area contributed by atoms with Crippen molar-refractivity contribution in [1.29, 1.82) is 0 Å². The quantitative estimate of drug-likeness (QED) is 0.666. The minimum Gasteiger partial charge on any atom is -0.338 e. The van der Waals surface area contributed by atoms with Gasteiger partial charge < -0.3 is 9.42 Å². The number of aromatic nitrogens is 4. The summed E-state index contributed by atoms with van der Waals surface area (Å²) in [5.41, 5.74) is 1.24. The van der Waals surface area contributed by atoms with Gasteiger partial charge >= 0.3 is 0 Å². The van der Waals surface area contributed by atoms with Crippen LogP contribution in [0.2, 0.25) is 5.02 Å². The molecule has 1 saturated heterocycles. The molecule has 144 valence electrons. The zero-order valence-electron chi connectivity index (χ0n) is 15.1. The molecule has 0 bridgehead atoms. The van der Waals surface area contributed by atoms with Crippen molar-refractivity contribution in [2.75, 3.05) is 13.1 Å². The summed E-state index contributed by atoms with van der Waals surface area (Å²) in [4.78, 5) is 27.1. The highest BCUT2D eigenvalue weighted by Gasteiger charge is 2.29. The molecule has 3 heterocycles. The highest BCUT2D eigenvalue weighted by atomic mass is 35.5. The highest BCUT2D eigenvalue weighted by Crippen LogP contribution is 2.29. The largest absolute Gasteiger partial charge is 0.338 e. The molecule has 2 aromatic heterocycles. The van der Waals surface area contributed by atoms with Gasteiger partial charge in [-0.2, -0.15) is 4.98 Å². The van der Waals surface area contributed by atoms with Gasteiger partial charge in [-0.1, -0.05) is 22.8 Å². The van der Waals surface area contributed by atoms with Crippen LogP contribution in [-0.2, 0) is 0 Å². The average molecular weight is 402 g/mol. The molecule has 1 aromatic carbocycles. The number of piperidine rings is 1. The molecule has 1 aliphatic rings. The first-order valence-corrected chi connectivity index (χ1v) is 9.26. The van der Waals surface area contributed by atoms with Crippen molar-refractivity contribution in [2.24, 2.45) is 0 Å². The van der Waals surface area contributed by atoms with Crippen LogP contribution < -0.4 is 0 Å². The van der Waals surface area contributed by atoms with Gasteiger partial charge in [0.15, 0.2) is 5.82 Å². The highest BCUT2D eigenvalue weighted by molar-refractivity contribution is 6.33. The van der Waals surface area contributed by atoms with Crippen LogP contribution in [0.15, 0.2) is 35.1 Å². The molecule has 28 heavy (non-hydrogen) atoms. The molecule has 1 aliphatic heterocycles. The van der Waals surface area contributed by atoms with E-state index in [1.165, 1.54) is 18.2 Å². The number of hydrogen-bond donors (Lipinski definition) is 0. The van der Waals surface area contributed by atoms with Gasteiger partial charge in [-0.05, 0) is 31.9 Å². The molecule has 0 radical (unpaired) electrons. The topological polar surface area (TPSA) is 85.0 Å². The summed E-state index contributed by atoms with van der Waals surface area (Å²) in [7, 11) is 0. The first-order chi connectivity index (χ1) is 13.5. The summed E-state index contributed by atoms with van der Waals surface area (Å²) in [6.45, 7) is 2.77. The summed E-state index contributed by atoms with van der Waals surface area (Å²) >= 11 is 6.01. The number of amides is 1. The Hall–Kier alpha value is -2.87. The summed E-state index contributed by atoms with van der Waals surface area (Å²) < 4.78 is 19.3. The van der Waals surface area contributed by atoms with Crippen molar-refractivity contribution in [1.82, 2.24) is 25.0 Å². The van der Waals surface area contributed by atoms with E-state index in [0.717, 1.165) is 5.69 Å². The Morgan fingerprint density at radius 1 is 1.25 bits per heavy atom. The SMILES string of the molecule is Cc1cnc(-c2nc(C3CCN(C(=O)c4c(F)cccc4Cl)CC3)no2)cn1. The number of benzene rings is 1. The first kappa shape index (κ1) is 18.5. The molecule has 1 amide bonds. The third kappa shape index (κ3) is 3.60. The van der Waals surface area contributed by atoms with Crippen LogP contribution in [0, 0.1) is 12.7 Å². The van der Waals surface area contributed by atoms with Crippen molar-refractivity contribution in [3.8, 4) is 11.6 Å². The second-order valence-electron chi connectivity index (χ2n) is 6.66. The third-order valence-electron chi connectivity index (χ3n) is 4.77. The van der Waals surface area contributed by atoms with Crippen LogP contribution in [0.4, 0.5) is 4.39 Å². The molecule has 0 unspecified atom stereocenters. The van der Waals surface area contributed by atoms with Crippen molar-refractivity contribution in [3.63, 3.8) is 0 Å². The molecule has 7 nitrogen and oxygen atoms in total. The minimum absolute atomic E-state index is 0.0519. The Labute approximate surface area is 165 Å². The fourth-order valence-electron chi connectivity index (χ4n) is 3.21. The lowest BCUT2D eigenvalue weighted by molar-refractivity contribution is 0.0706. The van der Waals surface area contributed by atoms with Gasteiger partial charge in [0.1, 0.15) is 11.5 Å². The van der Waals surface area contributed by atoms with E-state index in [2.05, 4.69) is 20.1 Å². The normalized spacial score (nSPS) is 15.0. The van der Waals surface area contributed by atoms with E-state index >= 15 is 0 Å². The van der Waals surface area contributed by atoms with Crippen LogP contribution in [0.1, 0.15) is 40.6 Å². The number of aryl methyl sites for hydroxylation is 1. The number of hydrogen-bond acceptors (Lipinski definition) is 6. The molecule has 3 aromatic rings. The summed E-state index contributed by atoms with van der Waals surface area (Å²) in [5, 5.41) is 4.18. The maximum Gasteiger partial charge on any atom is 0.278 e. The summed E-state index contributed by atoms with van der Waals surface area (Å²) in [6, 6.07) is 4.23. The summed E-state index contributed by atoms with van der Waals surface area (Å²) in [6.07, 6.45) is 4.52. The predicted octanol–water partition coefficient (Wildman–Crippen LogP) is 3.65. The molecule has 0 spiro atoms. The fourth-order valence-corrected chi connectivity index (χ4v) is 3.45. The van der Waals surface area contributed by atoms with E-state index in [4.69, 9.17) is 16.1 Å². The standard InChI is InChI=1S/C19H17ClFN5O2/c1-11-9-23-15(10-22-11)18-24-17(25-28-18)12-5-7-26(8-6-12)19(27)16-13(20)3-2-4-14(16)21/h2-4,9-10,12H,5-8H2,1H3. The van der Waals surface area contributed by atoms with Crippen LogP contribution in [0.3, 0.4) is 0 Å². The maximum absolute atomic E-state index is 14.0. The molecule has 0 N–H and O–H groups in total. The molecule has 9 heteroatoms. The lowest BCUT2D eigenvalue weighted by Gasteiger charge is -2.31. The Morgan fingerprint density at radius 3 is 2.71 bits per heavy atom. The van der Waals surface area contributed by atoms with Crippen molar-refractivity contribution >= 4 is 17.5 Å². The number of nitrogens with zero attached hydrogens (tertiary/aromatic N) is 5. The zero-order chi connectivity index (χ0) is 19.7. The van der Waals surface area contributed by atoms with E-state index in [1.807, 2.05) is 6.92 Å². The van der Waals surface area contributed by atoms with E-state index in [-0.39, 0.29) is 16.5 Å². The number of likely N-dealkylation sites (tertiary alicyclic amines) is 1. The van der Waals surface area contributed by atoms with Gasteiger partial charge in [0, 0.05) is 25.2 Å². The molecular formula is C19H17ClFN5O2. The number of rotatable bonds is 3. The van der Waals surface area contributed by atoms with Gasteiger partial charge in [-0.3, -0.25) is 9.78 Å². The van der Waals surface area contributed by atoms with Gasteiger partial charge in [-0.15, -0.1) is 0 Å². The van der Waals surface area contributed by atoms with Crippen molar-refractivity contribution in [2.45, 2.75) is 25.7 Å². The van der Waals surface area contributed by atoms with E-state index in [0.29, 0.717) is 43.3 Å². The summed E-state index contributed by atoms with van der Waals surface area (Å²) in [5.74, 6) is -0.0597. The van der Waals surface area contributed by atoms with Gasteiger partial charge in [0.2, 0.25) is 0 Å². The van der Waals surface area contributed by atoms with Crippen molar-refractivity contribution < 1.29 is 13.7 Å². The number of carbonyl (C=O) groups excluding carboxylic acids is 1. The average Bonchev–Trinajstić information content (AvgIpc) is 3.18. The van der Waals surface area contributed by atoms with Gasteiger partial charge in [-0.25, -0.2) is 9.37 Å². The monoisotopic (exact) mass is 401 g/mol. The smallest absolute Gasteiger partial charge is 0.278 e. The fraction of sp³-hybridized carbons (Fsp3) is 0.316. The Balaban J connectivity index is 1.43. The molecule has 0 saturated carbocycles. The number of halogens is 2. The number of carbonyl (C=O) groups is 1. The maximum atomic E-state index is 14.0. The van der Waals surface area contributed by atoms with Crippen LogP contribution in [0.25, 0.3) is 11.6 Å². The van der Waals surface area contributed by atoms with E-state index < -0.39 is 11.7 Å². The van der Waals surface area contributed by atoms with Crippen LogP contribution >= 0.6 is 11.6 Å². The third-order valence-corrected chi connectivity index (χ3v) is 5.08. The molecule has 4 rings (SSSR count). The lowest BCUT2D eigenvalue weighted by Crippen LogP contribution is -2.38. The molecular weight excluding hydrogens is 385 g/mol. The van der Waals surface area contributed by atoms with Crippen molar-refractivity contribution in [3.05, 3.63) is 58.5 Å². The van der Waals surface area contributed by atoms with Gasteiger partial charge in [0.05, 0.1) is 22.5 Å². The minimum atomic E-state index is -0.610. The van der Waals surface area contributed by atoms with E-state index in [1.54, 1.807) is 17.3 Å². The Morgan fingerprint density at radius 2 is 2.04 bits per heavy atom. The second-order valence-corrected chi connectivity index (χ2v) is 7.07. The van der Waals surface area contributed by atoms with Crippen LogP contribution in [-0.4, -0.2) is 44.0 Å². The first-order valence-electron chi connectivity index (χ1n) is 8.89. The van der Waals surface area contributed by atoms with Gasteiger partial charge in [0.25, 0.3) is 11.8 Å². The molecule has 0 atom stereocenters. The Bertz CT molecular complexity index is 980. The lowest BCUT2D eigenvalue weighted by atomic mass is 9.95.